The van der Waals surface area contributed by atoms with Gasteiger partial charge in [-0.1, -0.05) is 12.1 Å². The fourth-order valence-corrected chi connectivity index (χ4v) is 2.70. The van der Waals surface area contributed by atoms with Crippen molar-refractivity contribution in [1.82, 2.24) is 4.98 Å². The van der Waals surface area contributed by atoms with Gasteiger partial charge in [0, 0.05) is 0 Å². The Balaban J connectivity index is 2.31. The van der Waals surface area contributed by atoms with Gasteiger partial charge in [-0.15, -0.1) is 11.3 Å². The lowest BCUT2D eigenvalue weighted by Crippen LogP contribution is -2.13. The number of benzene rings is 1. The summed E-state index contributed by atoms with van der Waals surface area (Å²) in [6, 6.07) is 5.65. The van der Waals surface area contributed by atoms with Crippen molar-refractivity contribution in [3.05, 3.63) is 39.3 Å². The monoisotopic (exact) mass is 276 g/mol. The van der Waals surface area contributed by atoms with E-state index in [1.54, 1.807) is 7.11 Å². The molecule has 100 valence electrons. The average Bonchev–Trinajstić information content (AvgIpc) is 2.71. The maximum absolute atomic E-state index is 12.3. The number of carbonyl (C=O) groups is 1. The molecule has 5 heteroatoms. The van der Waals surface area contributed by atoms with Gasteiger partial charge in [-0.05, 0) is 32.4 Å². The second-order valence-corrected chi connectivity index (χ2v) is 5.46. The van der Waals surface area contributed by atoms with Gasteiger partial charge in [-0.2, -0.15) is 0 Å². The summed E-state index contributed by atoms with van der Waals surface area (Å²) in [6.45, 7) is 5.67. The molecule has 0 saturated carbocycles. The van der Waals surface area contributed by atoms with E-state index in [2.05, 4.69) is 10.3 Å². The highest BCUT2D eigenvalue weighted by atomic mass is 32.1. The average molecular weight is 276 g/mol. The van der Waals surface area contributed by atoms with E-state index in [4.69, 9.17) is 4.74 Å². The molecular formula is C14H16N2O2S. The summed E-state index contributed by atoms with van der Waals surface area (Å²) < 4.78 is 5.27. The third-order valence-electron chi connectivity index (χ3n) is 2.80. The Bertz CT molecular complexity index is 620. The first kappa shape index (κ1) is 13.5. The summed E-state index contributed by atoms with van der Waals surface area (Å²) in [4.78, 5) is 17.2. The molecule has 0 fully saturated rings. The Hall–Kier alpha value is -1.88. The summed E-state index contributed by atoms with van der Waals surface area (Å²) in [7, 11) is 1.59. The molecule has 0 aliphatic carbocycles. The fraction of sp³-hybridized carbons (Fsp3) is 0.286. The van der Waals surface area contributed by atoms with Crippen molar-refractivity contribution in [3.63, 3.8) is 0 Å². The molecule has 1 heterocycles. The molecular weight excluding hydrogens is 260 g/mol. The minimum atomic E-state index is -0.143. The zero-order chi connectivity index (χ0) is 14.0. The Kier molecular flexibility index (Phi) is 3.85. The molecule has 0 radical (unpaired) electrons. The second kappa shape index (κ2) is 5.40. The van der Waals surface area contributed by atoms with Crippen molar-refractivity contribution in [3.8, 4) is 5.75 Å². The van der Waals surface area contributed by atoms with Gasteiger partial charge in [-0.25, -0.2) is 4.98 Å². The lowest BCUT2D eigenvalue weighted by atomic mass is 10.2. The lowest BCUT2D eigenvalue weighted by Gasteiger charge is -2.12. The van der Waals surface area contributed by atoms with Gasteiger partial charge in [-0.3, -0.25) is 4.79 Å². The van der Waals surface area contributed by atoms with Crippen molar-refractivity contribution in [2.75, 3.05) is 12.4 Å². The van der Waals surface area contributed by atoms with Gasteiger partial charge in [0.25, 0.3) is 5.91 Å². The van der Waals surface area contributed by atoms with Gasteiger partial charge in [0.1, 0.15) is 10.6 Å². The van der Waals surface area contributed by atoms with Crippen LogP contribution in [0.25, 0.3) is 0 Å². The highest BCUT2D eigenvalue weighted by molar-refractivity contribution is 7.13. The smallest absolute Gasteiger partial charge is 0.267 e. The predicted molar refractivity (Wildman–Crippen MR) is 77.3 cm³/mol. The number of hydrogen-bond donors (Lipinski definition) is 1. The molecule has 4 nitrogen and oxygen atoms in total. The Morgan fingerprint density at radius 1 is 1.32 bits per heavy atom. The number of hydrogen-bond acceptors (Lipinski definition) is 4. The number of anilines is 1. The summed E-state index contributed by atoms with van der Waals surface area (Å²) >= 11 is 1.40. The summed E-state index contributed by atoms with van der Waals surface area (Å²) in [6.07, 6.45) is 0. The topological polar surface area (TPSA) is 51.2 Å². The van der Waals surface area contributed by atoms with Crippen LogP contribution in [0.3, 0.4) is 0 Å². The van der Waals surface area contributed by atoms with Crippen LogP contribution in [0.5, 0.6) is 5.75 Å². The van der Waals surface area contributed by atoms with Crippen LogP contribution in [-0.2, 0) is 0 Å². The zero-order valence-corrected chi connectivity index (χ0v) is 12.2. The highest BCUT2D eigenvalue weighted by Crippen LogP contribution is 2.29. The Morgan fingerprint density at radius 2 is 2.05 bits per heavy atom. The van der Waals surface area contributed by atoms with E-state index in [-0.39, 0.29) is 5.91 Å². The Labute approximate surface area is 116 Å². The van der Waals surface area contributed by atoms with Crippen LogP contribution in [0.15, 0.2) is 18.2 Å². The zero-order valence-electron chi connectivity index (χ0n) is 11.4. The minimum Gasteiger partial charge on any atom is -0.495 e. The van der Waals surface area contributed by atoms with Gasteiger partial charge in [0.15, 0.2) is 0 Å². The lowest BCUT2D eigenvalue weighted by molar-refractivity contribution is 0.102. The van der Waals surface area contributed by atoms with E-state index < -0.39 is 0 Å². The van der Waals surface area contributed by atoms with E-state index in [1.165, 1.54) is 11.3 Å². The van der Waals surface area contributed by atoms with Crippen molar-refractivity contribution >= 4 is 22.9 Å². The van der Waals surface area contributed by atoms with Gasteiger partial charge in [0.2, 0.25) is 0 Å². The van der Waals surface area contributed by atoms with Crippen LogP contribution >= 0.6 is 11.3 Å². The van der Waals surface area contributed by atoms with Crippen LogP contribution in [0.4, 0.5) is 5.69 Å². The van der Waals surface area contributed by atoms with Gasteiger partial charge >= 0.3 is 0 Å². The molecule has 1 N–H and O–H groups in total. The van der Waals surface area contributed by atoms with Crippen molar-refractivity contribution in [2.24, 2.45) is 0 Å². The Morgan fingerprint density at radius 3 is 2.63 bits per heavy atom. The number of thiazole rings is 1. The molecule has 1 aromatic carbocycles. The molecule has 2 rings (SSSR count). The maximum Gasteiger partial charge on any atom is 0.267 e. The first-order valence-corrected chi connectivity index (χ1v) is 6.73. The number of ether oxygens (including phenoxy) is 1. The molecule has 2 aromatic rings. The number of aromatic nitrogens is 1. The molecule has 0 aliphatic heterocycles. The van der Waals surface area contributed by atoms with Crippen LogP contribution in [0.1, 0.15) is 25.9 Å². The molecule has 19 heavy (non-hydrogen) atoms. The third kappa shape index (κ3) is 2.76. The largest absolute Gasteiger partial charge is 0.495 e. The normalized spacial score (nSPS) is 10.3. The number of amides is 1. The van der Waals surface area contributed by atoms with Crippen LogP contribution in [-0.4, -0.2) is 18.0 Å². The highest BCUT2D eigenvalue weighted by Gasteiger charge is 2.16. The molecule has 0 bridgehead atoms. The molecule has 0 saturated heterocycles. The predicted octanol–water partition coefficient (Wildman–Crippen LogP) is 3.33. The standard InChI is InChI=1S/C14H16N2O2S/c1-8-6-5-7-11(18-4)12(8)16-14(17)13-9(2)15-10(3)19-13/h5-7H,1-4H3,(H,16,17). The summed E-state index contributed by atoms with van der Waals surface area (Å²) in [5.41, 5.74) is 2.43. The maximum atomic E-state index is 12.3. The molecule has 0 unspecified atom stereocenters. The second-order valence-electron chi connectivity index (χ2n) is 4.25. The summed E-state index contributed by atoms with van der Waals surface area (Å²) in [5.74, 6) is 0.517. The van der Waals surface area contributed by atoms with Crippen molar-refractivity contribution in [1.29, 1.82) is 0 Å². The third-order valence-corrected chi connectivity index (χ3v) is 3.87. The van der Waals surface area contributed by atoms with Crippen molar-refractivity contribution < 1.29 is 9.53 Å². The minimum absolute atomic E-state index is 0.143. The quantitative estimate of drug-likeness (QED) is 0.935. The van der Waals surface area contributed by atoms with E-state index >= 15 is 0 Å². The molecule has 1 amide bonds. The number of nitrogens with one attached hydrogen (secondary N) is 1. The number of aryl methyl sites for hydroxylation is 3. The number of carbonyl (C=O) groups excluding carboxylic acids is 1. The van der Waals surface area contributed by atoms with Gasteiger partial charge in [0.05, 0.1) is 23.5 Å². The first-order chi connectivity index (χ1) is 9.02. The molecule has 1 aromatic heterocycles. The number of rotatable bonds is 3. The van der Waals surface area contributed by atoms with Crippen LogP contribution in [0, 0.1) is 20.8 Å². The molecule has 0 aliphatic rings. The van der Waals surface area contributed by atoms with Gasteiger partial charge < -0.3 is 10.1 Å². The van der Waals surface area contributed by atoms with E-state index in [0.717, 1.165) is 16.3 Å². The first-order valence-electron chi connectivity index (χ1n) is 5.92. The fourth-order valence-electron chi connectivity index (χ4n) is 1.88. The molecule has 0 atom stereocenters. The number of nitrogens with zero attached hydrogens (tertiary/aromatic N) is 1. The van der Waals surface area contributed by atoms with Crippen LogP contribution in [0.2, 0.25) is 0 Å². The van der Waals surface area contributed by atoms with E-state index in [1.807, 2.05) is 39.0 Å². The van der Waals surface area contributed by atoms with Crippen LogP contribution < -0.4 is 10.1 Å². The number of para-hydroxylation sites is 1. The SMILES string of the molecule is COc1cccc(C)c1NC(=O)c1sc(C)nc1C. The molecule has 0 spiro atoms. The van der Waals surface area contributed by atoms with E-state index in [0.29, 0.717) is 16.3 Å². The number of methoxy groups -OCH3 is 1. The summed E-state index contributed by atoms with van der Waals surface area (Å²) in [5, 5.41) is 3.79. The van der Waals surface area contributed by atoms with E-state index in [9.17, 15) is 4.79 Å². The van der Waals surface area contributed by atoms with Crippen molar-refractivity contribution in [2.45, 2.75) is 20.8 Å².